The second kappa shape index (κ2) is 6.12. The number of carbonyl (C=O) groups excluding carboxylic acids is 1. The van der Waals surface area contributed by atoms with Crippen molar-refractivity contribution in [1.82, 2.24) is 19.7 Å². The van der Waals surface area contributed by atoms with Crippen molar-refractivity contribution < 1.29 is 9.21 Å². The number of hydrogen-bond donors (Lipinski definition) is 2. The number of carbonyl (C=O) groups is 1. The summed E-state index contributed by atoms with van der Waals surface area (Å²) >= 11 is 0. The van der Waals surface area contributed by atoms with Crippen LogP contribution in [0.2, 0.25) is 0 Å². The van der Waals surface area contributed by atoms with Crippen LogP contribution in [0.1, 0.15) is 16.1 Å². The van der Waals surface area contributed by atoms with E-state index in [0.29, 0.717) is 17.1 Å². The molecule has 0 saturated carbocycles. The SMILES string of the molecule is O=C(NCc1cn2ccccc2n1)c1ccc(-c2ccco2)[nH]c1=O. The van der Waals surface area contributed by atoms with E-state index >= 15 is 0 Å². The second-order valence-electron chi connectivity index (χ2n) is 5.47. The summed E-state index contributed by atoms with van der Waals surface area (Å²) in [5.41, 5.74) is 1.60. The molecule has 0 spiro atoms. The maximum atomic E-state index is 12.3. The summed E-state index contributed by atoms with van der Waals surface area (Å²) in [6.45, 7) is 0.236. The molecule has 0 aliphatic heterocycles. The van der Waals surface area contributed by atoms with Crippen LogP contribution in [-0.2, 0) is 6.54 Å². The molecule has 0 saturated heterocycles. The molecule has 4 aromatic heterocycles. The Morgan fingerprint density at radius 3 is 2.88 bits per heavy atom. The summed E-state index contributed by atoms with van der Waals surface area (Å²) in [5, 5.41) is 2.71. The first-order valence-corrected chi connectivity index (χ1v) is 7.69. The summed E-state index contributed by atoms with van der Waals surface area (Å²) < 4.78 is 7.10. The lowest BCUT2D eigenvalue weighted by Gasteiger charge is -2.03. The summed E-state index contributed by atoms with van der Waals surface area (Å²) in [6, 6.07) is 12.2. The van der Waals surface area contributed by atoms with Crippen LogP contribution in [0.25, 0.3) is 17.1 Å². The molecule has 7 nitrogen and oxygen atoms in total. The Bertz CT molecular complexity index is 1060. The smallest absolute Gasteiger partial charge is 0.261 e. The van der Waals surface area contributed by atoms with Gasteiger partial charge in [-0.05, 0) is 36.4 Å². The lowest BCUT2D eigenvalue weighted by atomic mass is 10.2. The molecule has 0 aliphatic carbocycles. The van der Waals surface area contributed by atoms with E-state index in [-0.39, 0.29) is 12.1 Å². The quantitative estimate of drug-likeness (QED) is 0.598. The van der Waals surface area contributed by atoms with E-state index in [9.17, 15) is 9.59 Å². The molecule has 0 fully saturated rings. The Labute approximate surface area is 142 Å². The number of amides is 1. The van der Waals surface area contributed by atoms with Gasteiger partial charge in [0.2, 0.25) is 0 Å². The highest BCUT2D eigenvalue weighted by atomic mass is 16.3. The van der Waals surface area contributed by atoms with Gasteiger partial charge in [-0.2, -0.15) is 0 Å². The Hall–Kier alpha value is -3.61. The van der Waals surface area contributed by atoms with Gasteiger partial charge in [0.25, 0.3) is 11.5 Å². The van der Waals surface area contributed by atoms with E-state index in [1.54, 1.807) is 18.2 Å². The molecule has 0 aliphatic rings. The van der Waals surface area contributed by atoms with Crippen molar-refractivity contribution in [1.29, 1.82) is 0 Å². The second-order valence-corrected chi connectivity index (χ2v) is 5.47. The normalized spacial score (nSPS) is 10.9. The number of pyridine rings is 2. The van der Waals surface area contributed by atoms with Gasteiger partial charge in [0, 0.05) is 12.4 Å². The summed E-state index contributed by atoms with van der Waals surface area (Å²) in [5.74, 6) is 0.0815. The molecule has 4 rings (SSSR count). The Morgan fingerprint density at radius 2 is 2.12 bits per heavy atom. The molecule has 7 heteroatoms. The number of aromatic amines is 1. The third-order valence-electron chi connectivity index (χ3n) is 3.78. The minimum absolute atomic E-state index is 0.0408. The molecule has 0 aromatic carbocycles. The van der Waals surface area contributed by atoms with Crippen LogP contribution in [-0.4, -0.2) is 20.3 Å². The number of H-pyrrole nitrogens is 1. The maximum absolute atomic E-state index is 12.3. The number of nitrogens with zero attached hydrogens (tertiary/aromatic N) is 2. The van der Waals surface area contributed by atoms with E-state index in [0.717, 1.165) is 5.65 Å². The van der Waals surface area contributed by atoms with E-state index in [1.807, 2.05) is 35.0 Å². The van der Waals surface area contributed by atoms with Crippen molar-refractivity contribution in [2.24, 2.45) is 0 Å². The molecule has 2 N–H and O–H groups in total. The first-order chi connectivity index (χ1) is 12.2. The van der Waals surface area contributed by atoms with Crippen LogP contribution in [0, 0.1) is 0 Å². The van der Waals surface area contributed by atoms with Crippen molar-refractivity contribution in [3.63, 3.8) is 0 Å². The molecule has 0 atom stereocenters. The van der Waals surface area contributed by atoms with Crippen LogP contribution in [0.3, 0.4) is 0 Å². The third-order valence-corrected chi connectivity index (χ3v) is 3.78. The van der Waals surface area contributed by atoms with Gasteiger partial charge in [-0.3, -0.25) is 9.59 Å². The highest BCUT2D eigenvalue weighted by molar-refractivity contribution is 5.93. The monoisotopic (exact) mass is 334 g/mol. The summed E-state index contributed by atoms with van der Waals surface area (Å²) in [7, 11) is 0. The molecule has 25 heavy (non-hydrogen) atoms. The number of aromatic nitrogens is 3. The zero-order chi connectivity index (χ0) is 17.2. The van der Waals surface area contributed by atoms with E-state index in [4.69, 9.17) is 4.42 Å². The minimum Gasteiger partial charge on any atom is -0.463 e. The van der Waals surface area contributed by atoms with Crippen molar-refractivity contribution in [3.8, 4) is 11.5 Å². The number of nitrogens with one attached hydrogen (secondary N) is 2. The van der Waals surface area contributed by atoms with Crippen LogP contribution in [0.4, 0.5) is 0 Å². The van der Waals surface area contributed by atoms with Gasteiger partial charge in [-0.1, -0.05) is 6.07 Å². The zero-order valence-corrected chi connectivity index (χ0v) is 13.1. The van der Waals surface area contributed by atoms with Gasteiger partial charge >= 0.3 is 0 Å². The van der Waals surface area contributed by atoms with Gasteiger partial charge in [0.1, 0.15) is 17.0 Å². The zero-order valence-electron chi connectivity index (χ0n) is 13.1. The lowest BCUT2D eigenvalue weighted by molar-refractivity contribution is 0.0949. The van der Waals surface area contributed by atoms with Gasteiger partial charge in [0.15, 0.2) is 0 Å². The average Bonchev–Trinajstić information content (AvgIpc) is 3.28. The molecule has 0 unspecified atom stereocenters. The largest absolute Gasteiger partial charge is 0.463 e. The first-order valence-electron chi connectivity index (χ1n) is 7.69. The van der Waals surface area contributed by atoms with Crippen LogP contribution in [0.15, 0.2) is 70.3 Å². The molecule has 4 aromatic rings. The Morgan fingerprint density at radius 1 is 1.20 bits per heavy atom. The van der Waals surface area contributed by atoms with E-state index in [1.165, 1.54) is 12.3 Å². The van der Waals surface area contributed by atoms with Gasteiger partial charge in [-0.15, -0.1) is 0 Å². The first kappa shape index (κ1) is 14.9. The molecular formula is C18H14N4O3. The molecule has 0 bridgehead atoms. The Kier molecular flexibility index (Phi) is 3.66. The fourth-order valence-electron chi connectivity index (χ4n) is 2.57. The van der Waals surface area contributed by atoms with E-state index in [2.05, 4.69) is 15.3 Å². The predicted molar refractivity (Wildman–Crippen MR) is 91.1 cm³/mol. The van der Waals surface area contributed by atoms with Gasteiger partial charge in [0.05, 0.1) is 24.2 Å². The highest BCUT2D eigenvalue weighted by Gasteiger charge is 2.12. The van der Waals surface area contributed by atoms with Crippen molar-refractivity contribution in [2.45, 2.75) is 6.54 Å². The number of imidazole rings is 1. The van der Waals surface area contributed by atoms with Crippen molar-refractivity contribution in [3.05, 3.63) is 82.7 Å². The molecule has 4 heterocycles. The van der Waals surface area contributed by atoms with Crippen molar-refractivity contribution in [2.75, 3.05) is 0 Å². The third kappa shape index (κ3) is 2.94. The highest BCUT2D eigenvalue weighted by Crippen LogP contribution is 2.15. The lowest BCUT2D eigenvalue weighted by Crippen LogP contribution is -2.29. The minimum atomic E-state index is -0.471. The molecule has 124 valence electrons. The van der Waals surface area contributed by atoms with Gasteiger partial charge in [-0.25, -0.2) is 4.98 Å². The fraction of sp³-hybridized carbons (Fsp3) is 0.0556. The summed E-state index contributed by atoms with van der Waals surface area (Å²) in [4.78, 5) is 31.5. The van der Waals surface area contributed by atoms with Crippen LogP contribution in [0.5, 0.6) is 0 Å². The Balaban J connectivity index is 1.50. The number of furan rings is 1. The number of rotatable bonds is 4. The molecular weight excluding hydrogens is 320 g/mol. The van der Waals surface area contributed by atoms with Crippen LogP contribution >= 0.6 is 0 Å². The van der Waals surface area contributed by atoms with Crippen molar-refractivity contribution >= 4 is 11.6 Å². The van der Waals surface area contributed by atoms with Crippen LogP contribution < -0.4 is 10.9 Å². The molecule has 0 radical (unpaired) electrons. The topological polar surface area (TPSA) is 92.4 Å². The molecule has 1 amide bonds. The fourth-order valence-corrected chi connectivity index (χ4v) is 2.57. The number of fused-ring (bicyclic) bond motifs is 1. The van der Waals surface area contributed by atoms with Gasteiger partial charge < -0.3 is 19.1 Å². The maximum Gasteiger partial charge on any atom is 0.261 e. The standard InChI is InChI=1S/C18H14N4O3/c23-17(19-10-12-11-22-8-2-1-5-16(22)20-12)13-6-7-14(21-18(13)24)15-4-3-9-25-15/h1-9,11H,10H2,(H,19,23)(H,21,24). The predicted octanol–water partition coefficient (Wildman–Crippen LogP) is 2.21. The number of hydrogen-bond acceptors (Lipinski definition) is 4. The van der Waals surface area contributed by atoms with E-state index < -0.39 is 11.5 Å². The summed E-state index contributed by atoms with van der Waals surface area (Å²) in [6.07, 6.45) is 5.23. The average molecular weight is 334 g/mol.